The van der Waals surface area contributed by atoms with Gasteiger partial charge in [-0.25, -0.2) is 0 Å². The number of aliphatic hydroxyl groups is 1. The number of rotatable bonds is 4. The summed E-state index contributed by atoms with van der Waals surface area (Å²) in [5, 5.41) is 6.18. The van der Waals surface area contributed by atoms with E-state index in [0.29, 0.717) is 18.8 Å². The molecule has 0 aliphatic heterocycles. The Morgan fingerprint density at radius 1 is 1.05 bits per heavy atom. The SMILES string of the molecule is CC1CCC(CC(O)(P(=O)([O-])O)P(=O)([O-])O)CC1.[Na+].[Na+]. The van der Waals surface area contributed by atoms with Crippen LogP contribution in [0.15, 0.2) is 0 Å². The fraction of sp³-hybridized carbons (Fsp3) is 1.00. The van der Waals surface area contributed by atoms with Crippen molar-refractivity contribution in [2.24, 2.45) is 11.8 Å². The molecule has 7 nitrogen and oxygen atoms in total. The molecule has 11 heteroatoms. The van der Waals surface area contributed by atoms with E-state index in [4.69, 9.17) is 9.79 Å². The Morgan fingerprint density at radius 2 is 1.40 bits per heavy atom. The molecular weight excluding hydrogens is 328 g/mol. The van der Waals surface area contributed by atoms with Gasteiger partial charge in [0.2, 0.25) is 0 Å². The van der Waals surface area contributed by atoms with Gasteiger partial charge in [0.25, 0.3) is 0 Å². The average Bonchev–Trinajstić information content (AvgIpc) is 2.18. The van der Waals surface area contributed by atoms with Gasteiger partial charge in [0.05, 0.1) is 0 Å². The van der Waals surface area contributed by atoms with E-state index in [1.165, 1.54) is 0 Å². The van der Waals surface area contributed by atoms with Crippen molar-refractivity contribution in [3.05, 3.63) is 0 Å². The van der Waals surface area contributed by atoms with Gasteiger partial charge in [0, 0.05) is 0 Å². The van der Waals surface area contributed by atoms with Gasteiger partial charge >= 0.3 is 59.1 Å². The van der Waals surface area contributed by atoms with E-state index in [0.717, 1.165) is 12.8 Å². The van der Waals surface area contributed by atoms with Crippen molar-refractivity contribution < 1.29 is 92.9 Å². The van der Waals surface area contributed by atoms with Crippen LogP contribution >= 0.6 is 15.2 Å². The largest absolute Gasteiger partial charge is 1.00 e. The van der Waals surface area contributed by atoms with Gasteiger partial charge in [-0.1, -0.05) is 32.6 Å². The van der Waals surface area contributed by atoms with Crippen LogP contribution in [0.1, 0.15) is 39.0 Å². The zero-order valence-corrected chi connectivity index (χ0v) is 17.8. The molecule has 2 atom stereocenters. The Kier molecular flexibility index (Phi) is 10.9. The molecular formula is C9H18Na2O7P2. The van der Waals surface area contributed by atoms with Crippen LogP contribution in [0.3, 0.4) is 0 Å². The van der Waals surface area contributed by atoms with E-state index in [1.807, 2.05) is 6.92 Å². The van der Waals surface area contributed by atoms with Crippen LogP contribution < -0.4 is 68.9 Å². The third-order valence-corrected chi connectivity index (χ3v) is 7.29. The Balaban J connectivity index is 0. The quantitative estimate of drug-likeness (QED) is 0.340. The standard InChI is InChI=1S/C9H20O7P2.2Na/c1-7-2-4-8(5-3-7)6-9(10,17(11,12)13)18(14,15)16;;/h7-8,10H,2-6H2,1H3,(H2,11,12,13)(H2,14,15,16);;/q;2*+1/p-2. The van der Waals surface area contributed by atoms with Crippen molar-refractivity contribution in [3.8, 4) is 0 Å². The fourth-order valence-electron chi connectivity index (χ4n) is 2.31. The summed E-state index contributed by atoms with van der Waals surface area (Å²) in [6, 6.07) is 0. The van der Waals surface area contributed by atoms with Crippen LogP contribution in [0.5, 0.6) is 0 Å². The maximum Gasteiger partial charge on any atom is 1.00 e. The van der Waals surface area contributed by atoms with Gasteiger partial charge in [-0.15, -0.1) is 0 Å². The minimum atomic E-state index is -5.61. The van der Waals surface area contributed by atoms with E-state index in [9.17, 15) is 24.0 Å². The summed E-state index contributed by atoms with van der Waals surface area (Å²) >= 11 is 0. The third kappa shape index (κ3) is 6.04. The summed E-state index contributed by atoms with van der Waals surface area (Å²) in [5.74, 6) is 0.116. The first-order chi connectivity index (χ1) is 7.97. The maximum atomic E-state index is 11.0. The molecule has 2 unspecified atom stereocenters. The summed E-state index contributed by atoms with van der Waals surface area (Å²) in [7, 11) is -11.2. The van der Waals surface area contributed by atoms with Crippen LogP contribution in [0.4, 0.5) is 0 Å². The number of hydrogen-bond acceptors (Lipinski definition) is 5. The van der Waals surface area contributed by atoms with Crippen molar-refractivity contribution in [2.75, 3.05) is 0 Å². The van der Waals surface area contributed by atoms with Gasteiger partial charge in [-0.2, -0.15) is 0 Å². The summed E-state index contributed by atoms with van der Waals surface area (Å²) < 4.78 is 22.1. The minimum absolute atomic E-state index is 0. The van der Waals surface area contributed by atoms with Crippen LogP contribution in [0.2, 0.25) is 0 Å². The van der Waals surface area contributed by atoms with E-state index >= 15 is 0 Å². The van der Waals surface area contributed by atoms with Crippen molar-refractivity contribution in [2.45, 2.75) is 44.1 Å². The first-order valence-electron chi connectivity index (χ1n) is 5.77. The minimum Gasteiger partial charge on any atom is -0.776 e. The molecule has 0 aromatic heterocycles. The Hall–Kier alpha value is 2.26. The second-order valence-corrected chi connectivity index (χ2v) is 9.06. The first kappa shape index (κ1) is 24.5. The molecule has 0 aromatic carbocycles. The smallest absolute Gasteiger partial charge is 0.776 e. The van der Waals surface area contributed by atoms with E-state index in [2.05, 4.69) is 0 Å². The Morgan fingerprint density at radius 3 is 1.70 bits per heavy atom. The normalized spacial score (nSPS) is 31.7. The second-order valence-electron chi connectivity index (χ2n) is 5.15. The molecule has 0 aromatic rings. The zero-order valence-electron chi connectivity index (χ0n) is 12.1. The molecule has 1 fully saturated rings. The van der Waals surface area contributed by atoms with Crippen molar-refractivity contribution in [1.29, 1.82) is 0 Å². The predicted molar refractivity (Wildman–Crippen MR) is 60.3 cm³/mol. The van der Waals surface area contributed by atoms with Crippen molar-refractivity contribution in [3.63, 3.8) is 0 Å². The van der Waals surface area contributed by atoms with Crippen molar-refractivity contribution in [1.82, 2.24) is 0 Å². The summed E-state index contributed by atoms with van der Waals surface area (Å²) in [4.78, 5) is 39.8. The molecule has 0 spiro atoms. The van der Waals surface area contributed by atoms with E-state index in [-0.39, 0.29) is 65.0 Å². The van der Waals surface area contributed by atoms with Crippen LogP contribution in [0.25, 0.3) is 0 Å². The summed E-state index contributed by atoms with van der Waals surface area (Å²) in [6.07, 6.45) is 2.02. The van der Waals surface area contributed by atoms with Crippen LogP contribution in [0, 0.1) is 11.8 Å². The van der Waals surface area contributed by atoms with Gasteiger partial charge in [-0.05, 0) is 18.3 Å². The average molecular weight is 346 g/mol. The molecule has 0 saturated heterocycles. The molecule has 0 bridgehead atoms. The Labute approximate surface area is 162 Å². The molecule has 20 heavy (non-hydrogen) atoms. The van der Waals surface area contributed by atoms with Crippen LogP contribution in [-0.2, 0) is 9.13 Å². The Bertz CT molecular complexity index is 364. The molecule has 0 heterocycles. The van der Waals surface area contributed by atoms with Gasteiger partial charge in [-0.3, -0.25) is 0 Å². The summed E-state index contributed by atoms with van der Waals surface area (Å²) in [5.41, 5.74) is 0. The van der Waals surface area contributed by atoms with Gasteiger partial charge < -0.3 is 33.8 Å². The molecule has 3 N–H and O–H groups in total. The second kappa shape index (κ2) is 8.93. The number of hydrogen-bond donors (Lipinski definition) is 3. The monoisotopic (exact) mass is 346 g/mol. The predicted octanol–water partition coefficient (Wildman–Crippen LogP) is -6.05. The van der Waals surface area contributed by atoms with E-state index in [1.54, 1.807) is 0 Å². The molecule has 0 amide bonds. The fourth-order valence-corrected chi connectivity index (χ4v) is 4.57. The van der Waals surface area contributed by atoms with E-state index < -0.39 is 26.7 Å². The first-order valence-corrected chi connectivity index (χ1v) is 8.93. The molecule has 1 rings (SSSR count). The topological polar surface area (TPSA) is 141 Å². The molecule has 1 aliphatic rings. The third-order valence-electron chi connectivity index (χ3n) is 3.60. The molecule has 108 valence electrons. The van der Waals surface area contributed by atoms with Gasteiger partial charge in [0.15, 0.2) is 20.3 Å². The maximum absolute atomic E-state index is 11.0. The van der Waals surface area contributed by atoms with Gasteiger partial charge in [0.1, 0.15) is 0 Å². The van der Waals surface area contributed by atoms with Crippen LogP contribution in [-0.4, -0.2) is 20.0 Å². The molecule has 1 aliphatic carbocycles. The molecule has 0 radical (unpaired) electrons. The molecule has 1 saturated carbocycles. The summed E-state index contributed by atoms with van der Waals surface area (Å²) in [6.45, 7) is 2.03. The zero-order chi connectivity index (χ0) is 14.2. The van der Waals surface area contributed by atoms with Crippen molar-refractivity contribution >= 4 is 15.2 Å².